The maximum Gasteiger partial charge on any atom is 0.319 e. The normalized spacial score (nSPS) is 23.1. The molecule has 1 heterocycles. The van der Waals surface area contributed by atoms with E-state index in [1.165, 1.54) is 5.56 Å². The summed E-state index contributed by atoms with van der Waals surface area (Å²) in [4.78, 5) is 27.9. The Morgan fingerprint density at radius 3 is 2.52 bits per heavy atom. The third kappa shape index (κ3) is 3.89. The van der Waals surface area contributed by atoms with Gasteiger partial charge in [-0.1, -0.05) is 18.2 Å². The summed E-state index contributed by atoms with van der Waals surface area (Å²) in [6.07, 6.45) is 2.43. The van der Waals surface area contributed by atoms with Crippen molar-refractivity contribution in [2.75, 3.05) is 34.3 Å². The number of benzene rings is 1. The molecule has 3 rings (SSSR count). The van der Waals surface area contributed by atoms with Gasteiger partial charge in [-0.3, -0.25) is 4.79 Å². The number of hydrogen-bond donors (Lipinski definition) is 1. The van der Waals surface area contributed by atoms with Crippen LogP contribution in [0.15, 0.2) is 24.3 Å². The molecule has 1 saturated heterocycles. The highest BCUT2D eigenvalue weighted by atomic mass is 16.5. The molecule has 0 spiro atoms. The maximum absolute atomic E-state index is 12.5. The Hall–Kier alpha value is -2.24. The number of piperidine rings is 1. The predicted molar refractivity (Wildman–Crippen MR) is 95.7 cm³/mol. The summed E-state index contributed by atoms with van der Waals surface area (Å²) in [6, 6.07) is 8.22. The molecule has 2 fully saturated rings. The molecule has 1 aliphatic carbocycles. The Bertz CT molecular complexity index is 639. The molecule has 1 aromatic carbocycles. The van der Waals surface area contributed by atoms with Gasteiger partial charge < -0.3 is 19.9 Å². The molecule has 0 bridgehead atoms. The Morgan fingerprint density at radius 2 is 1.88 bits per heavy atom. The van der Waals surface area contributed by atoms with Crippen molar-refractivity contribution < 1.29 is 14.3 Å². The first-order valence-corrected chi connectivity index (χ1v) is 8.90. The minimum atomic E-state index is 0.00475. The van der Waals surface area contributed by atoms with E-state index in [2.05, 4.69) is 11.4 Å². The molecule has 6 nitrogen and oxygen atoms in total. The van der Waals surface area contributed by atoms with Crippen LogP contribution in [0.1, 0.15) is 30.7 Å². The predicted octanol–water partition coefficient (Wildman–Crippen LogP) is 2.06. The standard InChI is InChI=1S/C19H27N3O3/c1-21(2)19(24)22-10-8-13(9-11-22)18(23)20-16-12-15(16)14-6-4-5-7-17(14)25-3/h4-7,13,15-16H,8-12H2,1-3H3,(H,20,23). The van der Waals surface area contributed by atoms with E-state index in [9.17, 15) is 9.59 Å². The van der Waals surface area contributed by atoms with Crippen molar-refractivity contribution in [1.29, 1.82) is 0 Å². The van der Waals surface area contributed by atoms with Gasteiger partial charge in [-0.2, -0.15) is 0 Å². The Balaban J connectivity index is 1.49. The quantitative estimate of drug-likeness (QED) is 0.909. The van der Waals surface area contributed by atoms with Crippen LogP contribution in [0.2, 0.25) is 0 Å². The molecular formula is C19H27N3O3. The van der Waals surface area contributed by atoms with Gasteiger partial charge in [-0.25, -0.2) is 4.79 Å². The van der Waals surface area contributed by atoms with Gasteiger partial charge in [-0.15, -0.1) is 0 Å². The van der Waals surface area contributed by atoms with Crippen molar-refractivity contribution >= 4 is 11.9 Å². The second-order valence-corrected chi connectivity index (χ2v) is 7.14. The van der Waals surface area contributed by atoms with Crippen molar-refractivity contribution in [2.24, 2.45) is 5.92 Å². The Labute approximate surface area is 149 Å². The highest BCUT2D eigenvalue weighted by Crippen LogP contribution is 2.44. The van der Waals surface area contributed by atoms with Crippen LogP contribution in [-0.2, 0) is 4.79 Å². The highest BCUT2D eigenvalue weighted by Gasteiger charge is 2.42. The largest absolute Gasteiger partial charge is 0.496 e. The summed E-state index contributed by atoms with van der Waals surface area (Å²) in [5.41, 5.74) is 1.17. The summed E-state index contributed by atoms with van der Waals surface area (Å²) in [5.74, 6) is 1.36. The number of carbonyl (C=O) groups excluding carboxylic acids is 2. The van der Waals surface area contributed by atoms with Gasteiger partial charge in [0.2, 0.25) is 5.91 Å². The zero-order valence-electron chi connectivity index (χ0n) is 15.2. The summed E-state index contributed by atoms with van der Waals surface area (Å²) in [7, 11) is 5.19. The van der Waals surface area contributed by atoms with Crippen LogP contribution in [0.3, 0.4) is 0 Å². The summed E-state index contributed by atoms with van der Waals surface area (Å²) >= 11 is 0. The zero-order chi connectivity index (χ0) is 18.0. The molecule has 0 radical (unpaired) electrons. The van der Waals surface area contributed by atoms with Gasteiger partial charge in [0.05, 0.1) is 7.11 Å². The number of nitrogens with one attached hydrogen (secondary N) is 1. The average Bonchev–Trinajstić information content (AvgIpc) is 3.39. The second-order valence-electron chi connectivity index (χ2n) is 7.14. The first kappa shape index (κ1) is 17.6. The Morgan fingerprint density at radius 1 is 1.20 bits per heavy atom. The van der Waals surface area contributed by atoms with E-state index in [1.807, 2.05) is 23.1 Å². The molecule has 2 atom stereocenters. The van der Waals surface area contributed by atoms with E-state index >= 15 is 0 Å². The number of carbonyl (C=O) groups is 2. The monoisotopic (exact) mass is 345 g/mol. The van der Waals surface area contributed by atoms with Crippen LogP contribution < -0.4 is 10.1 Å². The number of nitrogens with zero attached hydrogens (tertiary/aromatic N) is 2. The zero-order valence-corrected chi connectivity index (χ0v) is 15.2. The highest BCUT2D eigenvalue weighted by molar-refractivity contribution is 5.80. The van der Waals surface area contributed by atoms with Crippen LogP contribution in [0.25, 0.3) is 0 Å². The molecule has 1 aromatic rings. The summed E-state index contributed by atoms with van der Waals surface area (Å²) in [6.45, 7) is 1.30. The van der Waals surface area contributed by atoms with E-state index < -0.39 is 0 Å². The number of ether oxygens (including phenoxy) is 1. The number of methoxy groups -OCH3 is 1. The van der Waals surface area contributed by atoms with Crippen LogP contribution in [0.4, 0.5) is 4.79 Å². The molecule has 6 heteroatoms. The number of urea groups is 1. The van der Waals surface area contributed by atoms with E-state index in [4.69, 9.17) is 4.74 Å². The van der Waals surface area contributed by atoms with E-state index in [0.717, 1.165) is 25.0 Å². The fourth-order valence-corrected chi connectivity index (χ4v) is 3.59. The lowest BCUT2D eigenvalue weighted by Crippen LogP contribution is -2.46. The number of hydrogen-bond acceptors (Lipinski definition) is 3. The topological polar surface area (TPSA) is 61.9 Å². The average molecular weight is 345 g/mol. The third-order valence-corrected chi connectivity index (χ3v) is 5.18. The van der Waals surface area contributed by atoms with Crippen molar-refractivity contribution in [3.8, 4) is 5.75 Å². The molecule has 1 saturated carbocycles. The molecule has 2 aliphatic rings. The van der Waals surface area contributed by atoms with Gasteiger partial charge in [0.25, 0.3) is 0 Å². The fraction of sp³-hybridized carbons (Fsp3) is 0.579. The minimum absolute atomic E-state index is 0.00475. The number of para-hydroxylation sites is 1. The van der Waals surface area contributed by atoms with Gasteiger partial charge in [0, 0.05) is 45.1 Å². The molecule has 0 aromatic heterocycles. The molecular weight excluding hydrogens is 318 g/mol. The molecule has 2 unspecified atom stereocenters. The Kier molecular flexibility index (Phi) is 5.16. The number of likely N-dealkylation sites (tertiary alicyclic amines) is 1. The lowest BCUT2D eigenvalue weighted by Gasteiger charge is -2.33. The van der Waals surface area contributed by atoms with Crippen LogP contribution >= 0.6 is 0 Å². The SMILES string of the molecule is COc1ccccc1C1CC1NC(=O)C1CCN(C(=O)N(C)C)CC1. The lowest BCUT2D eigenvalue weighted by molar-refractivity contribution is -0.126. The van der Waals surface area contributed by atoms with Gasteiger partial charge in [0.15, 0.2) is 0 Å². The van der Waals surface area contributed by atoms with Gasteiger partial charge in [-0.05, 0) is 30.9 Å². The smallest absolute Gasteiger partial charge is 0.319 e. The first-order chi connectivity index (χ1) is 12.0. The molecule has 1 aliphatic heterocycles. The van der Waals surface area contributed by atoms with Crippen molar-refractivity contribution in [3.05, 3.63) is 29.8 Å². The third-order valence-electron chi connectivity index (χ3n) is 5.18. The lowest BCUT2D eigenvalue weighted by atomic mass is 9.96. The van der Waals surface area contributed by atoms with E-state index in [0.29, 0.717) is 19.0 Å². The number of rotatable bonds is 4. The molecule has 1 N–H and O–H groups in total. The summed E-state index contributed by atoms with van der Waals surface area (Å²) < 4.78 is 5.42. The number of amides is 3. The molecule has 25 heavy (non-hydrogen) atoms. The molecule has 3 amide bonds. The van der Waals surface area contributed by atoms with Crippen molar-refractivity contribution in [1.82, 2.24) is 15.1 Å². The maximum atomic E-state index is 12.5. The van der Waals surface area contributed by atoms with Gasteiger partial charge in [0.1, 0.15) is 5.75 Å². The molecule has 136 valence electrons. The van der Waals surface area contributed by atoms with E-state index in [1.54, 1.807) is 26.1 Å². The minimum Gasteiger partial charge on any atom is -0.496 e. The van der Waals surface area contributed by atoms with Crippen LogP contribution in [-0.4, -0.2) is 62.1 Å². The van der Waals surface area contributed by atoms with Crippen LogP contribution in [0, 0.1) is 5.92 Å². The summed E-state index contributed by atoms with van der Waals surface area (Å²) in [5, 5.41) is 3.18. The fourth-order valence-electron chi connectivity index (χ4n) is 3.59. The van der Waals surface area contributed by atoms with Crippen molar-refractivity contribution in [3.63, 3.8) is 0 Å². The second kappa shape index (κ2) is 7.33. The van der Waals surface area contributed by atoms with Crippen molar-refractivity contribution in [2.45, 2.75) is 31.2 Å². The van der Waals surface area contributed by atoms with E-state index in [-0.39, 0.29) is 23.9 Å². The van der Waals surface area contributed by atoms with Gasteiger partial charge >= 0.3 is 6.03 Å². The first-order valence-electron chi connectivity index (χ1n) is 8.90. The van der Waals surface area contributed by atoms with Crippen LogP contribution in [0.5, 0.6) is 5.75 Å².